The van der Waals surface area contributed by atoms with Crippen LogP contribution in [0, 0.1) is 13.8 Å². The van der Waals surface area contributed by atoms with Gasteiger partial charge in [-0.2, -0.15) is 0 Å². The number of benzene rings is 2. The molecule has 0 amide bonds. The Kier molecular flexibility index (Phi) is 4.99. The van der Waals surface area contributed by atoms with Crippen LogP contribution in [0.5, 0.6) is 5.75 Å². The van der Waals surface area contributed by atoms with Gasteiger partial charge in [-0.3, -0.25) is 0 Å². The number of rotatable bonds is 5. The Morgan fingerprint density at radius 3 is 2.33 bits per heavy atom. The SMILES string of the molecule is COc1ccc(C(CN)C(O)c2cc(C)ccc2C)cc1. The molecule has 3 N–H and O–H groups in total. The fraction of sp³-hybridized carbons (Fsp3) is 0.333. The summed E-state index contributed by atoms with van der Waals surface area (Å²) in [6, 6.07) is 13.8. The monoisotopic (exact) mass is 285 g/mol. The summed E-state index contributed by atoms with van der Waals surface area (Å²) in [5.74, 6) is 0.673. The number of aliphatic hydroxyl groups excluding tert-OH is 1. The molecule has 3 nitrogen and oxygen atoms in total. The summed E-state index contributed by atoms with van der Waals surface area (Å²) in [6.07, 6.45) is -0.608. The van der Waals surface area contributed by atoms with E-state index in [2.05, 4.69) is 6.07 Å². The van der Waals surface area contributed by atoms with E-state index in [1.54, 1.807) is 7.11 Å². The molecule has 0 saturated carbocycles. The van der Waals surface area contributed by atoms with Gasteiger partial charge in [0.15, 0.2) is 0 Å². The van der Waals surface area contributed by atoms with E-state index in [9.17, 15) is 5.11 Å². The van der Waals surface area contributed by atoms with E-state index in [1.165, 1.54) is 0 Å². The maximum Gasteiger partial charge on any atom is 0.118 e. The molecule has 2 unspecified atom stereocenters. The average Bonchev–Trinajstić information content (AvgIpc) is 2.51. The highest BCUT2D eigenvalue weighted by Gasteiger charge is 2.23. The first-order chi connectivity index (χ1) is 10.1. The lowest BCUT2D eigenvalue weighted by Crippen LogP contribution is -2.20. The topological polar surface area (TPSA) is 55.5 Å². The molecule has 0 saturated heterocycles. The lowest BCUT2D eigenvalue weighted by atomic mass is 9.87. The molecular weight excluding hydrogens is 262 g/mol. The fourth-order valence-electron chi connectivity index (χ4n) is 2.59. The second-order valence-electron chi connectivity index (χ2n) is 5.42. The third-order valence-corrected chi connectivity index (χ3v) is 3.93. The van der Waals surface area contributed by atoms with E-state index >= 15 is 0 Å². The van der Waals surface area contributed by atoms with Gasteiger partial charge in [-0.05, 0) is 42.7 Å². The van der Waals surface area contributed by atoms with E-state index in [0.29, 0.717) is 6.54 Å². The van der Waals surface area contributed by atoms with Gasteiger partial charge < -0.3 is 15.6 Å². The predicted molar refractivity (Wildman–Crippen MR) is 85.7 cm³/mol. The Morgan fingerprint density at radius 2 is 1.76 bits per heavy atom. The first-order valence-corrected chi connectivity index (χ1v) is 7.16. The molecule has 0 spiro atoms. The van der Waals surface area contributed by atoms with Crippen molar-refractivity contribution in [2.45, 2.75) is 25.9 Å². The van der Waals surface area contributed by atoms with Crippen molar-refractivity contribution in [1.82, 2.24) is 0 Å². The highest BCUT2D eigenvalue weighted by atomic mass is 16.5. The van der Waals surface area contributed by atoms with Gasteiger partial charge in [-0.25, -0.2) is 0 Å². The van der Waals surface area contributed by atoms with Gasteiger partial charge in [0.1, 0.15) is 5.75 Å². The summed E-state index contributed by atoms with van der Waals surface area (Å²) in [5, 5.41) is 10.8. The van der Waals surface area contributed by atoms with Gasteiger partial charge in [0, 0.05) is 12.5 Å². The van der Waals surface area contributed by atoms with Crippen LogP contribution in [0.25, 0.3) is 0 Å². The Bertz CT molecular complexity index is 593. The molecule has 2 atom stereocenters. The van der Waals surface area contributed by atoms with Gasteiger partial charge in [-0.1, -0.05) is 35.9 Å². The highest BCUT2D eigenvalue weighted by Crippen LogP contribution is 2.33. The summed E-state index contributed by atoms with van der Waals surface area (Å²) < 4.78 is 5.17. The first kappa shape index (κ1) is 15.5. The molecule has 0 radical (unpaired) electrons. The van der Waals surface area contributed by atoms with Crippen LogP contribution in [-0.2, 0) is 0 Å². The van der Waals surface area contributed by atoms with E-state index in [-0.39, 0.29) is 5.92 Å². The third-order valence-electron chi connectivity index (χ3n) is 3.93. The van der Waals surface area contributed by atoms with Gasteiger partial charge in [0.25, 0.3) is 0 Å². The average molecular weight is 285 g/mol. The van der Waals surface area contributed by atoms with Crippen LogP contribution in [0.3, 0.4) is 0 Å². The van der Waals surface area contributed by atoms with Crippen molar-refractivity contribution in [1.29, 1.82) is 0 Å². The quantitative estimate of drug-likeness (QED) is 0.887. The summed E-state index contributed by atoms with van der Waals surface area (Å²) in [5.41, 5.74) is 10.1. The fourth-order valence-corrected chi connectivity index (χ4v) is 2.59. The van der Waals surface area contributed by atoms with Crippen LogP contribution < -0.4 is 10.5 Å². The van der Waals surface area contributed by atoms with E-state index in [4.69, 9.17) is 10.5 Å². The van der Waals surface area contributed by atoms with Crippen molar-refractivity contribution >= 4 is 0 Å². The smallest absolute Gasteiger partial charge is 0.118 e. The lowest BCUT2D eigenvalue weighted by molar-refractivity contribution is 0.146. The minimum absolute atomic E-state index is 0.128. The zero-order chi connectivity index (χ0) is 15.4. The van der Waals surface area contributed by atoms with Crippen molar-refractivity contribution < 1.29 is 9.84 Å². The van der Waals surface area contributed by atoms with Crippen LogP contribution in [0.1, 0.15) is 34.3 Å². The van der Waals surface area contributed by atoms with Gasteiger partial charge in [0.05, 0.1) is 13.2 Å². The maximum absolute atomic E-state index is 10.8. The number of hydrogen-bond acceptors (Lipinski definition) is 3. The number of nitrogens with two attached hydrogens (primary N) is 1. The lowest BCUT2D eigenvalue weighted by Gasteiger charge is -2.24. The maximum atomic E-state index is 10.8. The summed E-state index contributed by atoms with van der Waals surface area (Å²) in [7, 11) is 1.64. The number of hydrogen-bond donors (Lipinski definition) is 2. The van der Waals surface area contributed by atoms with Crippen LogP contribution in [0.2, 0.25) is 0 Å². The van der Waals surface area contributed by atoms with Gasteiger partial charge in [0.2, 0.25) is 0 Å². The molecular formula is C18H23NO2. The van der Waals surface area contributed by atoms with Crippen molar-refractivity contribution in [3.05, 3.63) is 64.7 Å². The van der Waals surface area contributed by atoms with Gasteiger partial charge >= 0.3 is 0 Å². The predicted octanol–water partition coefficient (Wildman–Crippen LogP) is 3.09. The molecule has 0 aliphatic heterocycles. The van der Waals surface area contributed by atoms with Crippen molar-refractivity contribution in [3.8, 4) is 5.75 Å². The van der Waals surface area contributed by atoms with Gasteiger partial charge in [-0.15, -0.1) is 0 Å². The zero-order valence-electron chi connectivity index (χ0n) is 12.8. The summed E-state index contributed by atoms with van der Waals surface area (Å²) in [6.45, 7) is 4.43. The molecule has 2 aromatic rings. The Balaban J connectivity index is 2.33. The highest BCUT2D eigenvalue weighted by molar-refractivity contribution is 5.36. The number of methoxy groups -OCH3 is 1. The minimum Gasteiger partial charge on any atom is -0.497 e. The molecule has 0 aromatic heterocycles. The van der Waals surface area contributed by atoms with Crippen LogP contribution >= 0.6 is 0 Å². The van der Waals surface area contributed by atoms with Crippen LogP contribution in [0.15, 0.2) is 42.5 Å². The largest absolute Gasteiger partial charge is 0.497 e. The molecule has 0 heterocycles. The minimum atomic E-state index is -0.608. The number of ether oxygens (including phenoxy) is 1. The third kappa shape index (κ3) is 3.43. The molecule has 0 aliphatic rings. The second kappa shape index (κ2) is 6.74. The number of aliphatic hydroxyl groups is 1. The Hall–Kier alpha value is -1.84. The Labute approximate surface area is 126 Å². The molecule has 0 aliphatic carbocycles. The zero-order valence-corrected chi connectivity index (χ0v) is 12.8. The number of aryl methyl sites for hydroxylation is 2. The standard InChI is InChI=1S/C18H23NO2/c1-12-4-5-13(2)16(10-12)18(20)17(11-19)14-6-8-15(21-3)9-7-14/h4-10,17-18,20H,11,19H2,1-3H3. The van der Waals surface area contributed by atoms with Crippen LogP contribution in [-0.4, -0.2) is 18.8 Å². The van der Waals surface area contributed by atoms with Crippen LogP contribution in [0.4, 0.5) is 0 Å². The summed E-state index contributed by atoms with van der Waals surface area (Å²) >= 11 is 0. The normalized spacial score (nSPS) is 13.8. The Morgan fingerprint density at radius 1 is 1.10 bits per heavy atom. The van der Waals surface area contributed by atoms with E-state index in [0.717, 1.165) is 28.0 Å². The van der Waals surface area contributed by atoms with Crippen molar-refractivity contribution in [3.63, 3.8) is 0 Å². The molecule has 0 bridgehead atoms. The van der Waals surface area contributed by atoms with Crippen molar-refractivity contribution in [2.75, 3.05) is 13.7 Å². The molecule has 2 rings (SSSR count). The molecule has 3 heteroatoms. The van der Waals surface area contributed by atoms with E-state index in [1.807, 2.05) is 50.2 Å². The van der Waals surface area contributed by atoms with Crippen molar-refractivity contribution in [2.24, 2.45) is 5.73 Å². The molecule has 112 valence electrons. The molecule has 21 heavy (non-hydrogen) atoms. The second-order valence-corrected chi connectivity index (χ2v) is 5.42. The first-order valence-electron chi connectivity index (χ1n) is 7.16. The molecule has 2 aromatic carbocycles. The van der Waals surface area contributed by atoms with E-state index < -0.39 is 6.10 Å². The molecule has 0 fully saturated rings. The summed E-state index contributed by atoms with van der Waals surface area (Å²) in [4.78, 5) is 0.